The highest BCUT2D eigenvalue weighted by Crippen LogP contribution is 2.44. The third-order valence-electron chi connectivity index (χ3n) is 3.84. The van der Waals surface area contributed by atoms with Crippen LogP contribution in [0.2, 0.25) is 0 Å². The summed E-state index contributed by atoms with van der Waals surface area (Å²) >= 11 is 0. The minimum absolute atomic E-state index is 0.301. The first kappa shape index (κ1) is 11.5. The molecule has 0 amide bonds. The molecule has 0 aliphatic heterocycles. The van der Waals surface area contributed by atoms with Crippen LogP contribution in [-0.4, -0.2) is 19.9 Å². The van der Waals surface area contributed by atoms with Crippen LogP contribution in [0, 0.1) is 0 Å². The topological polar surface area (TPSA) is 50.9 Å². The Morgan fingerprint density at radius 3 is 2.80 bits per heavy atom. The van der Waals surface area contributed by atoms with Gasteiger partial charge in [-0.1, -0.05) is 0 Å². The number of pyridine rings is 1. The lowest BCUT2D eigenvalue weighted by Crippen LogP contribution is -1.91. The summed E-state index contributed by atoms with van der Waals surface area (Å²) in [6, 6.07) is 7.55. The lowest BCUT2D eigenvalue weighted by Gasteiger charge is -2.08. The van der Waals surface area contributed by atoms with E-state index in [1.807, 2.05) is 31.6 Å². The largest absolute Gasteiger partial charge is 0.508 e. The molecule has 2 aromatic heterocycles. The number of aromatic hydroxyl groups is 1. The fourth-order valence-corrected chi connectivity index (χ4v) is 2.67. The van der Waals surface area contributed by atoms with Crippen LogP contribution in [0.5, 0.6) is 5.75 Å². The number of nitrogens with zero attached hydrogens (tertiary/aromatic N) is 3. The summed E-state index contributed by atoms with van der Waals surface area (Å²) in [6.07, 6.45) is 6.26. The Balaban J connectivity index is 1.97. The second-order valence-electron chi connectivity index (χ2n) is 5.48. The Labute approximate surface area is 116 Å². The zero-order chi connectivity index (χ0) is 13.7. The van der Waals surface area contributed by atoms with Crippen molar-refractivity contribution in [3.63, 3.8) is 0 Å². The highest BCUT2D eigenvalue weighted by molar-refractivity contribution is 5.87. The standard InChI is InChI=1S/C16H15N3O/c1-19-9-11(8-17-19)16-7-13(10-2-3-10)14-6-12(20)4-5-15(14)18-16/h4-10,20H,2-3H2,1H3. The Kier molecular flexibility index (Phi) is 2.33. The number of aromatic nitrogens is 3. The highest BCUT2D eigenvalue weighted by atomic mass is 16.3. The molecule has 4 rings (SSSR count). The van der Waals surface area contributed by atoms with Crippen LogP contribution in [0.15, 0.2) is 36.7 Å². The van der Waals surface area contributed by atoms with Crippen LogP contribution >= 0.6 is 0 Å². The molecule has 0 bridgehead atoms. The predicted molar refractivity (Wildman–Crippen MR) is 77.6 cm³/mol. The summed E-state index contributed by atoms with van der Waals surface area (Å²) in [5, 5.41) is 15.0. The molecule has 0 saturated heterocycles. The number of phenols is 1. The van der Waals surface area contributed by atoms with Crippen molar-refractivity contribution in [3.05, 3.63) is 42.2 Å². The molecule has 1 aliphatic carbocycles. The summed E-state index contributed by atoms with van der Waals surface area (Å²) in [5.41, 5.74) is 4.22. The van der Waals surface area contributed by atoms with Gasteiger partial charge in [-0.05, 0) is 48.6 Å². The lowest BCUT2D eigenvalue weighted by atomic mass is 10.0. The SMILES string of the molecule is Cn1cc(-c2cc(C3CC3)c3cc(O)ccc3n2)cn1. The molecule has 0 spiro atoms. The number of hydrogen-bond acceptors (Lipinski definition) is 3. The van der Waals surface area contributed by atoms with E-state index in [-0.39, 0.29) is 0 Å². The van der Waals surface area contributed by atoms with Gasteiger partial charge < -0.3 is 5.11 Å². The first-order valence-corrected chi connectivity index (χ1v) is 6.83. The maximum Gasteiger partial charge on any atom is 0.116 e. The fraction of sp³-hybridized carbons (Fsp3) is 0.250. The van der Waals surface area contributed by atoms with E-state index >= 15 is 0 Å². The number of benzene rings is 1. The van der Waals surface area contributed by atoms with Gasteiger partial charge in [0.25, 0.3) is 0 Å². The fourth-order valence-electron chi connectivity index (χ4n) is 2.67. The van der Waals surface area contributed by atoms with Crippen LogP contribution in [-0.2, 0) is 7.05 Å². The van der Waals surface area contributed by atoms with Crippen molar-refractivity contribution in [1.82, 2.24) is 14.8 Å². The first-order chi connectivity index (χ1) is 9.70. The van der Waals surface area contributed by atoms with E-state index in [9.17, 15) is 5.11 Å². The van der Waals surface area contributed by atoms with Crippen molar-refractivity contribution >= 4 is 10.9 Å². The molecule has 1 saturated carbocycles. The summed E-state index contributed by atoms with van der Waals surface area (Å²) < 4.78 is 1.79. The lowest BCUT2D eigenvalue weighted by molar-refractivity contribution is 0.476. The monoisotopic (exact) mass is 265 g/mol. The molecule has 1 aromatic carbocycles. The number of rotatable bonds is 2. The Hall–Kier alpha value is -2.36. The van der Waals surface area contributed by atoms with E-state index in [2.05, 4.69) is 11.2 Å². The maximum absolute atomic E-state index is 9.71. The minimum atomic E-state index is 0.301. The number of aryl methyl sites for hydroxylation is 1. The third kappa shape index (κ3) is 1.84. The van der Waals surface area contributed by atoms with E-state index in [0.717, 1.165) is 22.2 Å². The second kappa shape index (κ2) is 4.07. The van der Waals surface area contributed by atoms with E-state index < -0.39 is 0 Å². The van der Waals surface area contributed by atoms with E-state index in [1.165, 1.54) is 18.4 Å². The molecule has 3 aromatic rings. The van der Waals surface area contributed by atoms with Gasteiger partial charge in [0.2, 0.25) is 0 Å². The molecule has 0 atom stereocenters. The van der Waals surface area contributed by atoms with Crippen molar-refractivity contribution in [3.8, 4) is 17.0 Å². The third-order valence-corrected chi connectivity index (χ3v) is 3.84. The Bertz CT molecular complexity index is 803. The molecule has 1 aliphatic rings. The first-order valence-electron chi connectivity index (χ1n) is 6.83. The maximum atomic E-state index is 9.71. The molecule has 2 heterocycles. The van der Waals surface area contributed by atoms with Crippen molar-refractivity contribution < 1.29 is 5.11 Å². The molecule has 20 heavy (non-hydrogen) atoms. The van der Waals surface area contributed by atoms with E-state index in [0.29, 0.717) is 11.7 Å². The van der Waals surface area contributed by atoms with Gasteiger partial charge in [-0.15, -0.1) is 0 Å². The van der Waals surface area contributed by atoms with Gasteiger partial charge in [0.05, 0.1) is 17.4 Å². The summed E-state index contributed by atoms with van der Waals surface area (Å²) in [6.45, 7) is 0. The molecular weight excluding hydrogens is 250 g/mol. The van der Waals surface area contributed by atoms with Crippen molar-refractivity contribution in [2.75, 3.05) is 0 Å². The normalized spacial score (nSPS) is 14.8. The van der Waals surface area contributed by atoms with Crippen molar-refractivity contribution in [2.24, 2.45) is 7.05 Å². The highest BCUT2D eigenvalue weighted by Gasteiger charge is 2.26. The van der Waals surface area contributed by atoms with Gasteiger partial charge in [0, 0.05) is 24.2 Å². The second-order valence-corrected chi connectivity index (χ2v) is 5.48. The van der Waals surface area contributed by atoms with Crippen LogP contribution in [0.25, 0.3) is 22.2 Å². The molecule has 0 radical (unpaired) electrons. The molecular formula is C16H15N3O. The molecule has 1 N–H and O–H groups in total. The number of phenolic OH excluding ortho intramolecular Hbond substituents is 1. The van der Waals surface area contributed by atoms with Crippen LogP contribution in [0.3, 0.4) is 0 Å². The van der Waals surface area contributed by atoms with Gasteiger partial charge in [-0.25, -0.2) is 4.98 Å². The molecule has 4 heteroatoms. The zero-order valence-corrected chi connectivity index (χ0v) is 11.2. The Morgan fingerprint density at radius 1 is 1.25 bits per heavy atom. The van der Waals surface area contributed by atoms with E-state index in [1.54, 1.807) is 10.7 Å². The van der Waals surface area contributed by atoms with Crippen molar-refractivity contribution in [2.45, 2.75) is 18.8 Å². The van der Waals surface area contributed by atoms with Gasteiger partial charge in [-0.2, -0.15) is 5.10 Å². The van der Waals surface area contributed by atoms with Gasteiger partial charge in [0.1, 0.15) is 5.75 Å². The molecule has 1 fully saturated rings. The molecule has 0 unspecified atom stereocenters. The zero-order valence-electron chi connectivity index (χ0n) is 11.2. The smallest absolute Gasteiger partial charge is 0.116 e. The quantitative estimate of drug-likeness (QED) is 0.774. The number of fused-ring (bicyclic) bond motifs is 1. The van der Waals surface area contributed by atoms with Gasteiger partial charge in [-0.3, -0.25) is 4.68 Å². The molecule has 4 nitrogen and oxygen atoms in total. The van der Waals surface area contributed by atoms with Crippen molar-refractivity contribution in [1.29, 1.82) is 0 Å². The van der Waals surface area contributed by atoms with Gasteiger partial charge in [0.15, 0.2) is 0 Å². The molecule has 100 valence electrons. The van der Waals surface area contributed by atoms with Gasteiger partial charge >= 0.3 is 0 Å². The summed E-state index contributed by atoms with van der Waals surface area (Å²) in [5.74, 6) is 0.910. The average Bonchev–Trinajstić information content (AvgIpc) is 3.19. The summed E-state index contributed by atoms with van der Waals surface area (Å²) in [4.78, 5) is 4.71. The van der Waals surface area contributed by atoms with Crippen LogP contribution in [0.4, 0.5) is 0 Å². The number of hydrogen-bond donors (Lipinski definition) is 1. The van der Waals surface area contributed by atoms with Crippen LogP contribution < -0.4 is 0 Å². The summed E-state index contributed by atoms with van der Waals surface area (Å²) in [7, 11) is 1.91. The predicted octanol–water partition coefficient (Wildman–Crippen LogP) is 3.22. The average molecular weight is 265 g/mol. The Morgan fingerprint density at radius 2 is 2.10 bits per heavy atom. The minimum Gasteiger partial charge on any atom is -0.508 e. The van der Waals surface area contributed by atoms with E-state index in [4.69, 9.17) is 4.98 Å². The van der Waals surface area contributed by atoms with Crippen LogP contribution in [0.1, 0.15) is 24.3 Å².